The van der Waals surface area contributed by atoms with Crippen LogP contribution in [0.2, 0.25) is 5.02 Å². The lowest BCUT2D eigenvalue weighted by molar-refractivity contribution is -0.121. The minimum Gasteiger partial charge on any atom is -0.390 e. The fraction of sp³-hybridized carbons (Fsp3) is 0.522. The van der Waals surface area contributed by atoms with E-state index in [0.29, 0.717) is 42.6 Å². The lowest BCUT2D eigenvalue weighted by atomic mass is 10.0. The van der Waals surface area contributed by atoms with Gasteiger partial charge in [-0.3, -0.25) is 14.3 Å². The van der Waals surface area contributed by atoms with Crippen molar-refractivity contribution in [2.75, 3.05) is 26.3 Å². The molecule has 1 aliphatic rings. The summed E-state index contributed by atoms with van der Waals surface area (Å²) in [5, 5.41) is 15.2. The molecule has 0 bridgehead atoms. The van der Waals surface area contributed by atoms with E-state index < -0.39 is 5.60 Å². The Morgan fingerprint density at radius 2 is 2.03 bits per heavy atom. The summed E-state index contributed by atoms with van der Waals surface area (Å²) in [6, 6.07) is 8.87. The second kappa shape index (κ2) is 9.94. The van der Waals surface area contributed by atoms with E-state index in [1.54, 1.807) is 41.6 Å². The molecule has 1 aliphatic heterocycles. The molecule has 1 amide bonds. The van der Waals surface area contributed by atoms with Gasteiger partial charge < -0.3 is 14.7 Å². The van der Waals surface area contributed by atoms with Crippen LogP contribution in [0.25, 0.3) is 11.3 Å². The highest BCUT2D eigenvalue weighted by Crippen LogP contribution is 2.28. The molecule has 7 nitrogen and oxygen atoms in total. The van der Waals surface area contributed by atoms with Crippen molar-refractivity contribution >= 4 is 23.3 Å². The molecule has 0 fully saturated rings. The molecule has 2 heterocycles. The van der Waals surface area contributed by atoms with Crippen molar-refractivity contribution < 1.29 is 19.4 Å². The van der Waals surface area contributed by atoms with Crippen molar-refractivity contribution in [3.8, 4) is 11.3 Å². The van der Waals surface area contributed by atoms with E-state index in [1.165, 1.54) is 0 Å². The first-order chi connectivity index (χ1) is 14.7. The van der Waals surface area contributed by atoms with E-state index >= 15 is 0 Å². The van der Waals surface area contributed by atoms with Gasteiger partial charge in [0.15, 0.2) is 5.78 Å². The summed E-state index contributed by atoms with van der Waals surface area (Å²) in [7, 11) is 0. The van der Waals surface area contributed by atoms with Crippen LogP contribution in [0.4, 0.5) is 0 Å². The topological polar surface area (TPSA) is 84.7 Å². The first kappa shape index (κ1) is 23.4. The molecule has 1 unspecified atom stereocenters. The number of ketones is 1. The van der Waals surface area contributed by atoms with E-state index in [2.05, 4.69) is 5.10 Å². The highest BCUT2D eigenvalue weighted by Gasteiger charge is 2.34. The maximum atomic E-state index is 13.1. The molecule has 2 aromatic rings. The molecule has 0 saturated heterocycles. The number of carbonyl (C=O) groups excluding carboxylic acids is 2. The molecule has 3 rings (SSSR count). The molecule has 1 aromatic carbocycles. The summed E-state index contributed by atoms with van der Waals surface area (Å²) < 4.78 is 7.48. The van der Waals surface area contributed by atoms with E-state index in [9.17, 15) is 14.7 Å². The lowest BCUT2D eigenvalue weighted by Gasteiger charge is -2.33. The van der Waals surface area contributed by atoms with Gasteiger partial charge >= 0.3 is 0 Å². The van der Waals surface area contributed by atoms with Crippen LogP contribution in [0, 0.1) is 0 Å². The van der Waals surface area contributed by atoms with Gasteiger partial charge in [-0.2, -0.15) is 5.10 Å². The highest BCUT2D eigenvalue weighted by molar-refractivity contribution is 6.30. The quantitative estimate of drug-likeness (QED) is 0.561. The van der Waals surface area contributed by atoms with Crippen LogP contribution in [-0.4, -0.2) is 63.4 Å². The number of nitrogens with zero attached hydrogens (tertiary/aromatic N) is 3. The van der Waals surface area contributed by atoms with Crippen molar-refractivity contribution in [1.29, 1.82) is 0 Å². The molecule has 0 spiro atoms. The zero-order chi connectivity index (χ0) is 22.6. The Hall–Kier alpha value is -2.22. The number of Topliss-reactive ketones (excluding diaryl/α,β-unsaturated/α-hetero) is 1. The number of aromatic nitrogens is 2. The third-order valence-electron chi connectivity index (χ3n) is 5.20. The average molecular weight is 448 g/mol. The maximum absolute atomic E-state index is 13.1. The summed E-state index contributed by atoms with van der Waals surface area (Å²) >= 11 is 5.99. The average Bonchev–Trinajstić information content (AvgIpc) is 3.16. The van der Waals surface area contributed by atoms with Crippen LogP contribution in [0.15, 0.2) is 30.3 Å². The van der Waals surface area contributed by atoms with Gasteiger partial charge in [-0.25, -0.2) is 0 Å². The summed E-state index contributed by atoms with van der Waals surface area (Å²) in [6.07, 6.45) is 1.47. The highest BCUT2D eigenvalue weighted by atomic mass is 35.5. The maximum Gasteiger partial charge on any atom is 0.272 e. The van der Waals surface area contributed by atoms with Crippen LogP contribution in [0.5, 0.6) is 0 Å². The number of halogens is 1. The van der Waals surface area contributed by atoms with Crippen LogP contribution < -0.4 is 0 Å². The Balaban J connectivity index is 1.82. The van der Waals surface area contributed by atoms with E-state index in [0.717, 1.165) is 12.0 Å². The SMILES string of the molecule is CCCOCC1CN(CC(=O)CCC(C)(C)O)C(=O)c2cc(-c3ccc(Cl)cc3)nn21. The fourth-order valence-electron chi connectivity index (χ4n) is 3.53. The van der Waals surface area contributed by atoms with Crippen LogP contribution in [-0.2, 0) is 9.53 Å². The third kappa shape index (κ3) is 6.15. The number of hydrogen-bond donors (Lipinski definition) is 1. The Labute approximate surface area is 187 Å². The van der Waals surface area contributed by atoms with Crippen molar-refractivity contribution in [2.45, 2.75) is 51.7 Å². The molecule has 8 heteroatoms. The van der Waals surface area contributed by atoms with Gasteiger partial charge in [-0.05, 0) is 44.9 Å². The van der Waals surface area contributed by atoms with E-state index in [1.807, 2.05) is 19.1 Å². The second-order valence-corrected chi connectivity index (χ2v) is 9.07. The number of benzene rings is 1. The second-order valence-electron chi connectivity index (χ2n) is 8.63. The van der Waals surface area contributed by atoms with Gasteiger partial charge in [0.2, 0.25) is 0 Å². The lowest BCUT2D eigenvalue weighted by Crippen LogP contribution is -2.46. The third-order valence-corrected chi connectivity index (χ3v) is 5.45. The van der Waals surface area contributed by atoms with Crippen molar-refractivity contribution in [3.63, 3.8) is 0 Å². The van der Waals surface area contributed by atoms with Gasteiger partial charge in [0.1, 0.15) is 5.69 Å². The molecule has 0 radical (unpaired) electrons. The standard InChI is InChI=1S/C23H30ClN3O4/c1-4-11-31-15-18-13-26(14-19(28)9-10-23(2,3)30)22(29)21-12-20(25-27(18)21)16-5-7-17(24)8-6-16/h5-8,12,18,30H,4,9-11,13-15H2,1-3H3. The number of amides is 1. The predicted molar refractivity (Wildman–Crippen MR) is 119 cm³/mol. The molecule has 1 N–H and O–H groups in total. The summed E-state index contributed by atoms with van der Waals surface area (Å²) in [5.74, 6) is -0.300. The van der Waals surface area contributed by atoms with Crippen LogP contribution in [0.1, 0.15) is 56.6 Å². The molecule has 1 aromatic heterocycles. The molecule has 0 saturated carbocycles. The van der Waals surface area contributed by atoms with E-state index in [4.69, 9.17) is 16.3 Å². The van der Waals surface area contributed by atoms with Crippen molar-refractivity contribution in [1.82, 2.24) is 14.7 Å². The zero-order valence-corrected chi connectivity index (χ0v) is 19.1. The zero-order valence-electron chi connectivity index (χ0n) is 18.3. The van der Waals surface area contributed by atoms with Gasteiger partial charge in [0.05, 0.1) is 30.5 Å². The first-order valence-corrected chi connectivity index (χ1v) is 11.0. The first-order valence-electron chi connectivity index (χ1n) is 10.6. The van der Waals surface area contributed by atoms with Crippen LogP contribution >= 0.6 is 11.6 Å². The number of rotatable bonds is 10. The smallest absolute Gasteiger partial charge is 0.272 e. The summed E-state index contributed by atoms with van der Waals surface area (Å²) in [5.41, 5.74) is 1.07. The number of carbonyl (C=O) groups is 2. The molecule has 168 valence electrons. The van der Waals surface area contributed by atoms with Crippen molar-refractivity contribution in [2.24, 2.45) is 0 Å². The number of fused-ring (bicyclic) bond motifs is 1. The Morgan fingerprint density at radius 1 is 1.32 bits per heavy atom. The molecule has 0 aliphatic carbocycles. The number of ether oxygens (including phenoxy) is 1. The molecule has 1 atom stereocenters. The monoisotopic (exact) mass is 447 g/mol. The predicted octanol–water partition coefficient (Wildman–Crippen LogP) is 3.75. The Morgan fingerprint density at radius 3 is 2.68 bits per heavy atom. The summed E-state index contributed by atoms with van der Waals surface area (Å²) in [6.45, 7) is 6.77. The number of hydrogen-bond acceptors (Lipinski definition) is 5. The Bertz CT molecular complexity index is 918. The van der Waals surface area contributed by atoms with Crippen molar-refractivity contribution in [3.05, 3.63) is 41.0 Å². The Kier molecular flexibility index (Phi) is 7.51. The van der Waals surface area contributed by atoms with Gasteiger partial charge in [0.25, 0.3) is 5.91 Å². The number of aliphatic hydroxyl groups is 1. The van der Waals surface area contributed by atoms with Gasteiger partial charge in [-0.1, -0.05) is 30.7 Å². The molecular weight excluding hydrogens is 418 g/mol. The van der Waals surface area contributed by atoms with Gasteiger partial charge in [0, 0.05) is 30.2 Å². The minimum atomic E-state index is -0.913. The summed E-state index contributed by atoms with van der Waals surface area (Å²) in [4.78, 5) is 27.2. The molecular formula is C23H30ClN3O4. The van der Waals surface area contributed by atoms with Gasteiger partial charge in [-0.15, -0.1) is 0 Å². The van der Waals surface area contributed by atoms with E-state index in [-0.39, 0.29) is 30.7 Å². The van der Waals surface area contributed by atoms with Crippen LogP contribution in [0.3, 0.4) is 0 Å². The molecule has 31 heavy (non-hydrogen) atoms. The minimum absolute atomic E-state index is 0.0145. The largest absolute Gasteiger partial charge is 0.390 e. The fourth-order valence-corrected chi connectivity index (χ4v) is 3.66. The normalized spacial score (nSPS) is 16.5.